The smallest absolute Gasteiger partial charge is 0.495 e. The van der Waals surface area contributed by atoms with Crippen molar-refractivity contribution in [3.8, 4) is 5.75 Å². The number of carbonyl (C=O) groups excluding carboxylic acids is 1. The Morgan fingerprint density at radius 3 is 2.82 bits per heavy atom. The molecule has 0 aliphatic rings. The van der Waals surface area contributed by atoms with E-state index in [1.165, 1.54) is 25.4 Å². The van der Waals surface area contributed by atoms with Gasteiger partial charge in [-0.3, -0.25) is 4.79 Å². The molecule has 0 radical (unpaired) electrons. The van der Waals surface area contributed by atoms with E-state index >= 15 is 0 Å². The first-order valence-electron chi connectivity index (χ1n) is 7.65. The van der Waals surface area contributed by atoms with Crippen molar-refractivity contribution in [3.63, 3.8) is 0 Å². The topological polar surface area (TPSA) is 101 Å². The third-order valence-corrected chi connectivity index (χ3v) is 6.98. The van der Waals surface area contributed by atoms with Gasteiger partial charge in [0.2, 0.25) is 0 Å². The molecule has 12 heteroatoms. The molecule has 7 nitrogen and oxygen atoms in total. The maximum atomic E-state index is 14.1. The van der Waals surface area contributed by atoms with Crippen LogP contribution in [0.5, 0.6) is 5.75 Å². The standard InChI is InChI=1S/C16H11BrF2N3O4PS/c1-26-11-6-8(15(23)20-7-9-3-2-4-21-22-9)5-10-12(17)14(28-13(10)11)16(18,19)27(24)25/h2-6H,7H2,1H3,(H-,20,23,24,25)/p+1. The molecule has 2 heterocycles. The number of thiophene rings is 1. The van der Waals surface area contributed by atoms with Gasteiger partial charge in [-0.2, -0.15) is 15.1 Å². The number of benzene rings is 1. The lowest BCUT2D eigenvalue weighted by Gasteiger charge is -2.08. The van der Waals surface area contributed by atoms with Crippen LogP contribution in [0.2, 0.25) is 0 Å². The highest BCUT2D eigenvalue weighted by molar-refractivity contribution is 9.10. The maximum Gasteiger partial charge on any atom is 0.590 e. The van der Waals surface area contributed by atoms with Gasteiger partial charge >= 0.3 is 13.7 Å². The van der Waals surface area contributed by atoms with Crippen LogP contribution in [-0.2, 0) is 16.8 Å². The van der Waals surface area contributed by atoms with Crippen LogP contribution in [0.25, 0.3) is 10.1 Å². The molecule has 1 atom stereocenters. The highest BCUT2D eigenvalue weighted by Crippen LogP contribution is 2.55. The summed E-state index contributed by atoms with van der Waals surface area (Å²) in [4.78, 5) is 20.9. The molecule has 0 aliphatic carbocycles. The molecule has 3 aromatic rings. The van der Waals surface area contributed by atoms with Crippen LogP contribution in [0.4, 0.5) is 8.78 Å². The molecular formula is C16H12BrF2N3O4PS+. The van der Waals surface area contributed by atoms with E-state index in [-0.39, 0.29) is 27.7 Å². The number of fused-ring (bicyclic) bond motifs is 1. The summed E-state index contributed by atoms with van der Waals surface area (Å²) >= 11 is 3.69. The van der Waals surface area contributed by atoms with Crippen LogP contribution >= 0.6 is 35.3 Å². The predicted octanol–water partition coefficient (Wildman–Crippen LogP) is 4.18. The molecule has 1 aromatic carbocycles. The first-order chi connectivity index (χ1) is 13.3. The van der Waals surface area contributed by atoms with Crippen molar-refractivity contribution in [1.29, 1.82) is 0 Å². The third-order valence-electron chi connectivity index (χ3n) is 3.75. The van der Waals surface area contributed by atoms with Crippen LogP contribution in [0.15, 0.2) is 34.9 Å². The summed E-state index contributed by atoms with van der Waals surface area (Å²) in [6, 6.07) is 6.20. The summed E-state index contributed by atoms with van der Waals surface area (Å²) in [5.41, 5.74) is -3.21. The number of aromatic nitrogens is 2. The van der Waals surface area contributed by atoms with Crippen LogP contribution in [0.1, 0.15) is 20.9 Å². The molecule has 146 valence electrons. The summed E-state index contributed by atoms with van der Waals surface area (Å²) in [6.45, 7) is 0.131. The van der Waals surface area contributed by atoms with Crippen molar-refractivity contribution >= 4 is 51.3 Å². The number of hydrogen-bond donors (Lipinski definition) is 2. The summed E-state index contributed by atoms with van der Waals surface area (Å²) in [7, 11) is -2.43. The first kappa shape index (κ1) is 20.7. The molecule has 28 heavy (non-hydrogen) atoms. The van der Waals surface area contributed by atoms with Gasteiger partial charge in [0.1, 0.15) is 10.6 Å². The van der Waals surface area contributed by atoms with E-state index in [4.69, 9.17) is 9.63 Å². The number of amides is 1. The molecule has 0 fully saturated rings. The molecule has 0 saturated carbocycles. The van der Waals surface area contributed by atoms with Gasteiger partial charge in [0.25, 0.3) is 5.91 Å². The van der Waals surface area contributed by atoms with E-state index in [0.717, 1.165) is 0 Å². The van der Waals surface area contributed by atoms with E-state index in [1.807, 2.05) is 0 Å². The van der Waals surface area contributed by atoms with Gasteiger partial charge in [-0.15, -0.1) is 20.1 Å². The second-order valence-corrected chi connectivity index (χ2v) is 8.43. The van der Waals surface area contributed by atoms with Crippen molar-refractivity contribution in [3.05, 3.63) is 51.1 Å². The second kappa shape index (κ2) is 8.12. The number of nitrogens with one attached hydrogen (secondary N) is 1. The van der Waals surface area contributed by atoms with E-state index in [9.17, 15) is 18.1 Å². The lowest BCUT2D eigenvalue weighted by atomic mass is 10.1. The first-order valence-corrected chi connectivity index (χ1v) is 10.5. The Labute approximate surface area is 170 Å². The number of rotatable bonds is 6. The van der Waals surface area contributed by atoms with Crippen molar-refractivity contribution in [2.45, 2.75) is 12.2 Å². The second-order valence-electron chi connectivity index (χ2n) is 5.51. The number of halogens is 3. The van der Waals surface area contributed by atoms with Crippen molar-refractivity contribution in [2.24, 2.45) is 0 Å². The molecular weight excluding hydrogens is 479 g/mol. The lowest BCUT2D eigenvalue weighted by Crippen LogP contribution is -2.23. The quantitative estimate of drug-likeness (QED) is 0.502. The van der Waals surface area contributed by atoms with Gasteiger partial charge in [-0.1, -0.05) is 0 Å². The zero-order valence-electron chi connectivity index (χ0n) is 14.1. The van der Waals surface area contributed by atoms with Crippen molar-refractivity contribution in [2.75, 3.05) is 7.11 Å². The Bertz CT molecular complexity index is 1060. The number of alkyl halides is 2. The zero-order valence-corrected chi connectivity index (χ0v) is 17.4. The monoisotopic (exact) mass is 490 g/mol. The molecule has 1 amide bonds. The average molecular weight is 491 g/mol. The fourth-order valence-electron chi connectivity index (χ4n) is 2.40. The highest BCUT2D eigenvalue weighted by Gasteiger charge is 2.56. The van der Waals surface area contributed by atoms with Gasteiger partial charge in [0.05, 0.1) is 28.5 Å². The van der Waals surface area contributed by atoms with Crippen LogP contribution < -0.4 is 10.1 Å². The minimum atomic E-state index is -3.93. The molecule has 2 aromatic heterocycles. The summed E-state index contributed by atoms with van der Waals surface area (Å²) in [6.07, 6.45) is 1.51. The predicted molar refractivity (Wildman–Crippen MR) is 103 cm³/mol. The maximum absolute atomic E-state index is 14.1. The number of methoxy groups -OCH3 is 1. The summed E-state index contributed by atoms with van der Waals surface area (Å²) in [5.74, 6) is -0.270. The minimum Gasteiger partial charge on any atom is -0.495 e. The van der Waals surface area contributed by atoms with Crippen LogP contribution in [0, 0.1) is 0 Å². The van der Waals surface area contributed by atoms with Gasteiger partial charge in [-0.25, -0.2) is 0 Å². The van der Waals surface area contributed by atoms with E-state index in [2.05, 4.69) is 31.4 Å². The SMILES string of the molecule is COc1cc(C(=O)NCc2cccnn2)cc2c(Br)c(C(F)(F)[P+](=O)O)sc12. The number of hydrogen-bond acceptors (Lipinski definition) is 6. The number of ether oxygens (including phenoxy) is 1. The number of carbonyl (C=O) groups is 1. The number of nitrogens with zero attached hydrogens (tertiary/aromatic N) is 2. The largest absolute Gasteiger partial charge is 0.590 e. The Hall–Kier alpha value is -2.07. The Kier molecular flexibility index (Phi) is 5.99. The molecule has 0 saturated heterocycles. The van der Waals surface area contributed by atoms with Crippen molar-refractivity contribution < 1.29 is 27.8 Å². The fraction of sp³-hybridized carbons (Fsp3) is 0.188. The van der Waals surface area contributed by atoms with E-state index in [0.29, 0.717) is 21.7 Å². The normalized spacial score (nSPS) is 12.1. The minimum absolute atomic E-state index is 0.0585. The van der Waals surface area contributed by atoms with E-state index in [1.54, 1.807) is 12.1 Å². The van der Waals surface area contributed by atoms with Crippen molar-refractivity contribution in [1.82, 2.24) is 15.5 Å². The summed E-state index contributed by atoms with van der Waals surface area (Å²) < 4.78 is 44.8. The molecule has 2 N–H and O–H groups in total. The Morgan fingerprint density at radius 1 is 1.46 bits per heavy atom. The molecule has 0 bridgehead atoms. The molecule has 3 rings (SSSR count). The third kappa shape index (κ3) is 3.88. The van der Waals surface area contributed by atoms with Gasteiger partial charge in [0, 0.05) is 17.1 Å². The zero-order chi connectivity index (χ0) is 20.5. The van der Waals surface area contributed by atoms with Gasteiger partial charge in [-0.05, 0) is 44.8 Å². The summed E-state index contributed by atoms with van der Waals surface area (Å²) in [5, 5.41) is 10.5. The van der Waals surface area contributed by atoms with Gasteiger partial charge in [0.15, 0.2) is 0 Å². The Balaban J connectivity index is 1.99. The Morgan fingerprint density at radius 2 is 2.21 bits per heavy atom. The lowest BCUT2D eigenvalue weighted by molar-refractivity contribution is 0.0849. The highest BCUT2D eigenvalue weighted by atomic mass is 79.9. The average Bonchev–Trinajstić information content (AvgIpc) is 3.03. The van der Waals surface area contributed by atoms with Crippen LogP contribution in [-0.4, -0.2) is 28.1 Å². The van der Waals surface area contributed by atoms with E-state index < -0.39 is 24.5 Å². The molecule has 0 spiro atoms. The fourth-order valence-corrected chi connectivity index (χ4v) is 5.19. The van der Waals surface area contributed by atoms with Gasteiger partial charge < -0.3 is 10.1 Å². The van der Waals surface area contributed by atoms with Crippen LogP contribution in [0.3, 0.4) is 0 Å². The molecule has 1 unspecified atom stereocenters. The molecule has 0 aliphatic heterocycles.